The summed E-state index contributed by atoms with van der Waals surface area (Å²) in [5.41, 5.74) is 1.75. The molecule has 1 unspecified atom stereocenters. The van der Waals surface area contributed by atoms with Gasteiger partial charge in [-0.15, -0.1) is 0 Å². The van der Waals surface area contributed by atoms with Gasteiger partial charge in [-0.1, -0.05) is 6.42 Å². The minimum Gasteiger partial charge on any atom is -0.367 e. The van der Waals surface area contributed by atoms with Gasteiger partial charge in [-0.3, -0.25) is 14.7 Å². The predicted octanol–water partition coefficient (Wildman–Crippen LogP) is 1.62. The highest BCUT2D eigenvalue weighted by atomic mass is 16.1. The number of nitrogens with zero attached hydrogens (tertiary/aromatic N) is 5. The smallest absolute Gasteiger partial charge is 0.266 e. The number of aryl methyl sites for hydroxylation is 2. The van der Waals surface area contributed by atoms with Crippen LogP contribution in [-0.2, 0) is 6.54 Å². The molecule has 0 radical (unpaired) electrons. The van der Waals surface area contributed by atoms with E-state index in [-0.39, 0.29) is 5.56 Å². The molecule has 1 saturated heterocycles. The minimum absolute atomic E-state index is 0.0349. The second-order valence-corrected chi connectivity index (χ2v) is 6.65. The fourth-order valence-electron chi connectivity index (χ4n) is 3.29. The number of likely N-dealkylation sites (tertiary alicyclic amines) is 1. The minimum atomic E-state index is -0.0349. The third-order valence-electron chi connectivity index (χ3n) is 4.62. The van der Waals surface area contributed by atoms with Gasteiger partial charge in [-0.25, -0.2) is 9.67 Å². The van der Waals surface area contributed by atoms with Crippen molar-refractivity contribution in [2.24, 2.45) is 0 Å². The van der Waals surface area contributed by atoms with Gasteiger partial charge in [0.25, 0.3) is 5.56 Å². The van der Waals surface area contributed by atoms with Crippen LogP contribution in [0.4, 0.5) is 5.82 Å². The van der Waals surface area contributed by atoms with Gasteiger partial charge in [0, 0.05) is 31.4 Å². The molecule has 0 bridgehead atoms. The topological polar surface area (TPSA) is 75.9 Å². The van der Waals surface area contributed by atoms with Gasteiger partial charge in [0.15, 0.2) is 0 Å². The molecule has 1 atom stereocenters. The van der Waals surface area contributed by atoms with Crippen molar-refractivity contribution in [2.45, 2.75) is 45.7 Å². The largest absolute Gasteiger partial charge is 0.367 e. The summed E-state index contributed by atoms with van der Waals surface area (Å²) in [5, 5.41) is 7.73. The van der Waals surface area contributed by atoms with Gasteiger partial charge in [0.2, 0.25) is 0 Å². The zero-order valence-electron chi connectivity index (χ0n) is 15.0. The molecule has 3 heterocycles. The highest BCUT2D eigenvalue weighted by Crippen LogP contribution is 2.17. The fourth-order valence-corrected chi connectivity index (χ4v) is 3.29. The van der Waals surface area contributed by atoms with Crippen molar-refractivity contribution < 1.29 is 0 Å². The molecule has 1 N–H and O–H groups in total. The Hall–Kier alpha value is -2.28. The van der Waals surface area contributed by atoms with Crippen LogP contribution >= 0.6 is 0 Å². The Labute approximate surface area is 148 Å². The van der Waals surface area contributed by atoms with Gasteiger partial charge in [0.1, 0.15) is 5.82 Å². The van der Waals surface area contributed by atoms with Crippen molar-refractivity contribution >= 4 is 5.82 Å². The number of anilines is 1. The van der Waals surface area contributed by atoms with Crippen LogP contribution in [0, 0.1) is 13.8 Å². The summed E-state index contributed by atoms with van der Waals surface area (Å²) in [6.07, 6.45) is 7.12. The van der Waals surface area contributed by atoms with Gasteiger partial charge in [0.05, 0.1) is 24.1 Å². The molecular formula is C18H26N6O. The summed E-state index contributed by atoms with van der Waals surface area (Å²) in [5.74, 6) is 0.821. The van der Waals surface area contributed by atoms with E-state index >= 15 is 0 Å². The molecule has 0 aromatic carbocycles. The van der Waals surface area contributed by atoms with Gasteiger partial charge < -0.3 is 5.32 Å². The van der Waals surface area contributed by atoms with Crippen LogP contribution < -0.4 is 10.9 Å². The second kappa shape index (κ2) is 8.20. The highest BCUT2D eigenvalue weighted by Gasteiger charge is 2.22. The molecule has 7 nitrogen and oxygen atoms in total. The van der Waals surface area contributed by atoms with Crippen molar-refractivity contribution in [3.8, 4) is 0 Å². The van der Waals surface area contributed by atoms with Crippen LogP contribution in [0.1, 0.15) is 30.7 Å². The Bertz CT molecular complexity index is 759. The summed E-state index contributed by atoms with van der Waals surface area (Å²) in [4.78, 5) is 23.0. The number of nitrogens with one attached hydrogen (secondary N) is 1. The standard InChI is InChI=1S/C18H26N6O/c1-14-6-7-18(25)24(22-14)10-9-23-8-4-3-5-16(23)12-20-17-13-19-11-15(2)21-17/h6-7,11,13,16H,3-5,8-10,12H2,1-2H3,(H,20,21). The lowest BCUT2D eigenvalue weighted by atomic mass is 10.0. The SMILES string of the molecule is Cc1cncc(NCC2CCCCN2CCn2nc(C)ccc2=O)n1. The average Bonchev–Trinajstić information content (AvgIpc) is 2.61. The first kappa shape index (κ1) is 17.5. The molecule has 1 fully saturated rings. The third-order valence-corrected chi connectivity index (χ3v) is 4.62. The molecule has 0 saturated carbocycles. The van der Waals surface area contributed by atoms with Gasteiger partial charge in [-0.2, -0.15) is 5.10 Å². The average molecular weight is 342 g/mol. The maximum atomic E-state index is 11.9. The highest BCUT2D eigenvalue weighted by molar-refractivity contribution is 5.31. The third kappa shape index (κ3) is 4.85. The maximum absolute atomic E-state index is 11.9. The van der Waals surface area contributed by atoms with Crippen LogP contribution in [-0.4, -0.2) is 50.3 Å². The predicted molar refractivity (Wildman–Crippen MR) is 97.7 cm³/mol. The number of hydrogen-bond acceptors (Lipinski definition) is 6. The summed E-state index contributed by atoms with van der Waals surface area (Å²) >= 11 is 0. The van der Waals surface area contributed by atoms with E-state index in [1.54, 1.807) is 29.2 Å². The molecule has 0 spiro atoms. The lowest BCUT2D eigenvalue weighted by Gasteiger charge is -2.35. The first-order valence-electron chi connectivity index (χ1n) is 8.93. The van der Waals surface area contributed by atoms with E-state index < -0.39 is 0 Å². The Balaban J connectivity index is 1.59. The van der Waals surface area contributed by atoms with Crippen molar-refractivity contribution in [3.63, 3.8) is 0 Å². The van der Waals surface area contributed by atoms with Crippen molar-refractivity contribution in [1.82, 2.24) is 24.6 Å². The van der Waals surface area contributed by atoms with Gasteiger partial charge >= 0.3 is 0 Å². The number of hydrogen-bond donors (Lipinski definition) is 1. The van der Waals surface area contributed by atoms with E-state index in [9.17, 15) is 4.79 Å². The Morgan fingerprint density at radius 2 is 2.04 bits per heavy atom. The second-order valence-electron chi connectivity index (χ2n) is 6.65. The zero-order chi connectivity index (χ0) is 17.6. The monoisotopic (exact) mass is 342 g/mol. The molecule has 1 aliphatic rings. The fraction of sp³-hybridized carbons (Fsp3) is 0.556. The van der Waals surface area contributed by atoms with Crippen LogP contribution in [0.15, 0.2) is 29.3 Å². The summed E-state index contributed by atoms with van der Waals surface area (Å²) in [7, 11) is 0. The van der Waals surface area contributed by atoms with Crippen molar-refractivity contribution in [2.75, 3.05) is 25.0 Å². The molecule has 134 valence electrons. The van der Waals surface area contributed by atoms with Crippen LogP contribution in [0.25, 0.3) is 0 Å². The molecule has 0 aliphatic carbocycles. The molecule has 1 aliphatic heterocycles. The van der Waals surface area contributed by atoms with E-state index in [1.165, 1.54) is 12.8 Å². The van der Waals surface area contributed by atoms with E-state index in [2.05, 4.69) is 25.3 Å². The number of aromatic nitrogens is 4. The van der Waals surface area contributed by atoms with Crippen LogP contribution in [0.5, 0.6) is 0 Å². The van der Waals surface area contributed by atoms with Crippen molar-refractivity contribution in [1.29, 1.82) is 0 Å². The van der Waals surface area contributed by atoms with Crippen LogP contribution in [0.3, 0.4) is 0 Å². The Kier molecular flexibility index (Phi) is 5.75. The molecular weight excluding hydrogens is 316 g/mol. The normalized spacial score (nSPS) is 18.2. The molecule has 2 aromatic heterocycles. The maximum Gasteiger partial charge on any atom is 0.266 e. The number of rotatable bonds is 6. The summed E-state index contributed by atoms with van der Waals surface area (Å²) in [6.45, 7) is 7.22. The van der Waals surface area contributed by atoms with Gasteiger partial charge in [-0.05, 0) is 39.3 Å². The molecule has 2 aromatic rings. The lowest BCUT2D eigenvalue weighted by molar-refractivity contribution is 0.148. The zero-order valence-corrected chi connectivity index (χ0v) is 15.0. The Morgan fingerprint density at radius 3 is 2.88 bits per heavy atom. The van der Waals surface area contributed by atoms with Crippen LogP contribution in [0.2, 0.25) is 0 Å². The first-order valence-corrected chi connectivity index (χ1v) is 8.93. The van der Waals surface area contributed by atoms with Crippen molar-refractivity contribution in [3.05, 3.63) is 46.3 Å². The Morgan fingerprint density at radius 1 is 1.16 bits per heavy atom. The van der Waals surface area contributed by atoms with E-state index in [1.807, 2.05) is 13.8 Å². The lowest BCUT2D eigenvalue weighted by Crippen LogP contribution is -2.45. The molecule has 7 heteroatoms. The molecule has 3 rings (SSSR count). The summed E-state index contributed by atoms with van der Waals surface area (Å²) in [6, 6.07) is 3.79. The molecule has 25 heavy (non-hydrogen) atoms. The van der Waals surface area contributed by atoms with E-state index in [0.717, 1.165) is 43.3 Å². The first-order chi connectivity index (χ1) is 12.1. The quantitative estimate of drug-likeness (QED) is 0.860. The number of piperidine rings is 1. The summed E-state index contributed by atoms with van der Waals surface area (Å²) < 4.78 is 1.57. The van der Waals surface area contributed by atoms with E-state index in [0.29, 0.717) is 12.6 Å². The molecule has 0 amide bonds. The van der Waals surface area contributed by atoms with E-state index in [4.69, 9.17) is 0 Å².